The van der Waals surface area contributed by atoms with Crippen molar-refractivity contribution < 1.29 is 24.2 Å². The maximum Gasteiger partial charge on any atom is 0.335 e. The summed E-state index contributed by atoms with van der Waals surface area (Å²) in [6.45, 7) is 0.984. The van der Waals surface area contributed by atoms with E-state index in [0.29, 0.717) is 6.54 Å². The van der Waals surface area contributed by atoms with Crippen molar-refractivity contribution in [2.45, 2.75) is 12.5 Å². The number of carbonyl (C=O) groups is 3. The van der Waals surface area contributed by atoms with Crippen LogP contribution in [0.2, 0.25) is 0 Å². The third-order valence-electron chi connectivity index (χ3n) is 4.98. The molecule has 146 valence electrons. The number of hydrogen-bond acceptors (Lipinski definition) is 4. The number of ether oxygens (including phenoxy) is 1. The number of nitrogens with zero attached hydrogens (tertiary/aromatic N) is 1. The molecule has 7 heteroatoms. The third-order valence-corrected chi connectivity index (χ3v) is 4.98. The molecule has 7 nitrogen and oxygen atoms in total. The highest BCUT2D eigenvalue weighted by Crippen LogP contribution is 2.33. The van der Waals surface area contributed by atoms with Gasteiger partial charge < -0.3 is 20.1 Å². The van der Waals surface area contributed by atoms with E-state index in [2.05, 4.69) is 5.32 Å². The summed E-state index contributed by atoms with van der Waals surface area (Å²) < 4.78 is 4.93. The minimum atomic E-state index is -0.992. The van der Waals surface area contributed by atoms with Crippen LogP contribution in [-0.4, -0.2) is 48.2 Å². The molecule has 0 aliphatic carbocycles. The first-order chi connectivity index (χ1) is 13.5. The SMILES string of the molecule is COC(=O)[C@@H]1CN(C(=O)NCc2ccc(C(=O)O)cc2)C[C@@H]1c1ccccc1. The van der Waals surface area contributed by atoms with E-state index in [4.69, 9.17) is 9.84 Å². The molecule has 1 heterocycles. The summed E-state index contributed by atoms with van der Waals surface area (Å²) in [5, 5.41) is 11.8. The summed E-state index contributed by atoms with van der Waals surface area (Å²) >= 11 is 0. The lowest BCUT2D eigenvalue weighted by atomic mass is 9.89. The second-order valence-electron chi connectivity index (χ2n) is 6.71. The number of carboxylic acids is 1. The first-order valence-corrected chi connectivity index (χ1v) is 8.97. The van der Waals surface area contributed by atoms with Crippen LogP contribution >= 0.6 is 0 Å². The van der Waals surface area contributed by atoms with E-state index in [-0.39, 0.29) is 36.6 Å². The van der Waals surface area contributed by atoms with Crippen molar-refractivity contribution in [3.05, 3.63) is 71.3 Å². The molecule has 1 aliphatic heterocycles. The minimum absolute atomic E-state index is 0.116. The number of hydrogen-bond donors (Lipinski definition) is 2. The Morgan fingerprint density at radius 2 is 1.75 bits per heavy atom. The molecule has 0 saturated carbocycles. The number of nitrogens with one attached hydrogen (secondary N) is 1. The van der Waals surface area contributed by atoms with Crippen LogP contribution in [0.15, 0.2) is 54.6 Å². The molecule has 0 unspecified atom stereocenters. The summed E-state index contributed by atoms with van der Waals surface area (Å²) in [7, 11) is 1.36. The molecular weight excluding hydrogens is 360 g/mol. The summed E-state index contributed by atoms with van der Waals surface area (Å²) in [4.78, 5) is 37.3. The quantitative estimate of drug-likeness (QED) is 0.775. The van der Waals surface area contributed by atoms with Gasteiger partial charge in [0.15, 0.2) is 0 Å². The monoisotopic (exact) mass is 382 g/mol. The standard InChI is InChI=1S/C21H22N2O5/c1-28-20(26)18-13-23(12-17(18)15-5-3-2-4-6-15)21(27)22-11-14-7-9-16(10-8-14)19(24)25/h2-10,17-18H,11-13H2,1H3,(H,22,27)(H,24,25)/t17-,18-/m1/s1. The summed E-state index contributed by atoms with van der Waals surface area (Å²) in [6, 6.07) is 15.7. The second kappa shape index (κ2) is 8.56. The van der Waals surface area contributed by atoms with Gasteiger partial charge in [0.25, 0.3) is 0 Å². The zero-order valence-corrected chi connectivity index (χ0v) is 15.5. The fraction of sp³-hybridized carbons (Fsp3) is 0.286. The molecule has 0 radical (unpaired) electrons. The van der Waals surface area contributed by atoms with E-state index >= 15 is 0 Å². The van der Waals surface area contributed by atoms with Gasteiger partial charge in [-0.25, -0.2) is 9.59 Å². The van der Waals surface area contributed by atoms with E-state index in [9.17, 15) is 14.4 Å². The van der Waals surface area contributed by atoms with Crippen molar-refractivity contribution >= 4 is 18.0 Å². The van der Waals surface area contributed by atoms with Crippen molar-refractivity contribution in [2.75, 3.05) is 20.2 Å². The maximum atomic E-state index is 12.6. The number of methoxy groups -OCH3 is 1. The molecule has 28 heavy (non-hydrogen) atoms. The summed E-state index contributed by atoms with van der Waals surface area (Å²) in [5.41, 5.74) is 1.99. The zero-order chi connectivity index (χ0) is 20.1. The highest BCUT2D eigenvalue weighted by Gasteiger charge is 2.41. The number of benzene rings is 2. The molecule has 1 saturated heterocycles. The fourth-order valence-electron chi connectivity index (χ4n) is 3.45. The van der Waals surface area contributed by atoms with Crippen LogP contribution in [0.25, 0.3) is 0 Å². The molecule has 2 N–H and O–H groups in total. The van der Waals surface area contributed by atoms with Gasteiger partial charge in [-0.1, -0.05) is 42.5 Å². The van der Waals surface area contributed by atoms with Crippen LogP contribution in [0.4, 0.5) is 4.79 Å². The maximum absolute atomic E-state index is 12.6. The molecule has 0 bridgehead atoms. The number of rotatable bonds is 5. The van der Waals surface area contributed by atoms with Gasteiger partial charge in [0.1, 0.15) is 0 Å². The molecule has 2 aromatic rings. The van der Waals surface area contributed by atoms with Crippen LogP contribution in [0.1, 0.15) is 27.4 Å². The van der Waals surface area contributed by atoms with Gasteiger partial charge in [-0.3, -0.25) is 4.79 Å². The van der Waals surface area contributed by atoms with E-state index in [0.717, 1.165) is 11.1 Å². The van der Waals surface area contributed by atoms with Gasteiger partial charge in [-0.05, 0) is 23.3 Å². The van der Waals surface area contributed by atoms with Crippen LogP contribution in [0.3, 0.4) is 0 Å². The van der Waals surface area contributed by atoms with Crippen molar-refractivity contribution in [3.8, 4) is 0 Å². The van der Waals surface area contributed by atoms with Crippen LogP contribution in [0, 0.1) is 5.92 Å². The minimum Gasteiger partial charge on any atom is -0.478 e. The fourth-order valence-corrected chi connectivity index (χ4v) is 3.45. The van der Waals surface area contributed by atoms with E-state index in [1.165, 1.54) is 19.2 Å². The second-order valence-corrected chi connectivity index (χ2v) is 6.71. The predicted molar refractivity (Wildman–Crippen MR) is 102 cm³/mol. The first-order valence-electron chi connectivity index (χ1n) is 8.97. The number of carbonyl (C=O) groups excluding carboxylic acids is 2. The predicted octanol–water partition coefficient (Wildman–Crippen LogP) is 2.48. The zero-order valence-electron chi connectivity index (χ0n) is 15.5. The Kier molecular flexibility index (Phi) is 5.93. The molecule has 1 aliphatic rings. The van der Waals surface area contributed by atoms with E-state index < -0.39 is 11.9 Å². The highest BCUT2D eigenvalue weighted by atomic mass is 16.5. The van der Waals surface area contributed by atoms with E-state index in [1.807, 2.05) is 30.3 Å². The Morgan fingerprint density at radius 3 is 2.36 bits per heavy atom. The molecular formula is C21H22N2O5. The Morgan fingerprint density at radius 1 is 1.07 bits per heavy atom. The van der Waals surface area contributed by atoms with Gasteiger partial charge >= 0.3 is 18.0 Å². The lowest BCUT2D eigenvalue weighted by molar-refractivity contribution is -0.145. The number of carboxylic acid groups (broad SMARTS) is 1. The van der Waals surface area contributed by atoms with Crippen molar-refractivity contribution in [3.63, 3.8) is 0 Å². The average molecular weight is 382 g/mol. The van der Waals surface area contributed by atoms with Crippen LogP contribution < -0.4 is 5.32 Å². The molecule has 2 amide bonds. The Bertz CT molecular complexity index is 851. The number of aromatic carboxylic acids is 1. The molecule has 1 fully saturated rings. The smallest absolute Gasteiger partial charge is 0.335 e. The number of urea groups is 1. The van der Waals surface area contributed by atoms with Gasteiger partial charge in [0.2, 0.25) is 0 Å². The van der Waals surface area contributed by atoms with Gasteiger partial charge in [0, 0.05) is 25.6 Å². The third kappa shape index (κ3) is 4.31. The van der Waals surface area contributed by atoms with Gasteiger partial charge in [-0.2, -0.15) is 0 Å². The van der Waals surface area contributed by atoms with E-state index in [1.54, 1.807) is 17.0 Å². The van der Waals surface area contributed by atoms with Crippen LogP contribution in [-0.2, 0) is 16.1 Å². The average Bonchev–Trinajstić information content (AvgIpc) is 3.18. The van der Waals surface area contributed by atoms with Gasteiger partial charge in [0.05, 0.1) is 18.6 Å². The van der Waals surface area contributed by atoms with Crippen molar-refractivity contribution in [1.82, 2.24) is 10.2 Å². The lowest BCUT2D eigenvalue weighted by Crippen LogP contribution is -2.38. The first kappa shape index (κ1) is 19.4. The Labute approximate surface area is 162 Å². The largest absolute Gasteiger partial charge is 0.478 e. The molecule has 2 aromatic carbocycles. The number of likely N-dealkylation sites (tertiary alicyclic amines) is 1. The van der Waals surface area contributed by atoms with Crippen LogP contribution in [0.5, 0.6) is 0 Å². The number of esters is 1. The topological polar surface area (TPSA) is 95.9 Å². The molecule has 0 spiro atoms. The highest BCUT2D eigenvalue weighted by molar-refractivity contribution is 5.87. The summed E-state index contributed by atoms with van der Waals surface area (Å²) in [6.07, 6.45) is 0. The Balaban J connectivity index is 1.65. The van der Waals surface area contributed by atoms with Crippen molar-refractivity contribution in [1.29, 1.82) is 0 Å². The van der Waals surface area contributed by atoms with Gasteiger partial charge in [-0.15, -0.1) is 0 Å². The van der Waals surface area contributed by atoms with Crippen molar-refractivity contribution in [2.24, 2.45) is 5.92 Å². The normalized spacial score (nSPS) is 18.5. The Hall–Kier alpha value is -3.35. The lowest BCUT2D eigenvalue weighted by Gasteiger charge is -2.17. The molecule has 0 aromatic heterocycles. The molecule has 2 atom stereocenters. The number of amides is 2. The summed E-state index contributed by atoms with van der Waals surface area (Å²) in [5.74, 6) is -1.84. The molecule has 3 rings (SSSR count).